The molecule has 2 heterocycles. The summed E-state index contributed by atoms with van der Waals surface area (Å²) in [6, 6.07) is 0.327. The highest BCUT2D eigenvalue weighted by atomic mass is 16.5. The largest absolute Gasteiger partial charge is 0.375 e. The average molecular weight is 310 g/mol. The van der Waals surface area contributed by atoms with E-state index in [1.807, 2.05) is 18.7 Å². The highest BCUT2D eigenvalue weighted by Crippen LogP contribution is 2.38. The van der Waals surface area contributed by atoms with Crippen molar-refractivity contribution in [1.82, 2.24) is 10.2 Å². The number of amides is 2. The quantitative estimate of drug-likeness (QED) is 0.810. The van der Waals surface area contributed by atoms with Crippen LogP contribution in [0.15, 0.2) is 0 Å². The van der Waals surface area contributed by atoms with Crippen LogP contribution in [-0.4, -0.2) is 54.5 Å². The first kappa shape index (κ1) is 16.1. The minimum atomic E-state index is 0.0417. The number of hydrogen-bond acceptors (Lipinski definition) is 3. The van der Waals surface area contributed by atoms with E-state index < -0.39 is 0 Å². The van der Waals surface area contributed by atoms with E-state index in [2.05, 4.69) is 5.32 Å². The van der Waals surface area contributed by atoms with E-state index in [1.54, 1.807) is 0 Å². The van der Waals surface area contributed by atoms with Crippen LogP contribution in [0.5, 0.6) is 0 Å². The van der Waals surface area contributed by atoms with Crippen molar-refractivity contribution in [3.05, 3.63) is 0 Å². The lowest BCUT2D eigenvalue weighted by molar-refractivity contribution is -0.108. The molecule has 5 nitrogen and oxygen atoms in total. The van der Waals surface area contributed by atoms with Crippen molar-refractivity contribution in [1.29, 1.82) is 0 Å². The lowest BCUT2D eigenvalue weighted by Crippen LogP contribution is -2.56. The van der Waals surface area contributed by atoms with Gasteiger partial charge in [-0.3, -0.25) is 0 Å². The molecular formula is C17H30N2O3. The third-order valence-electron chi connectivity index (χ3n) is 5.29. The van der Waals surface area contributed by atoms with Crippen LogP contribution >= 0.6 is 0 Å². The molecule has 1 aliphatic carbocycles. The van der Waals surface area contributed by atoms with Gasteiger partial charge < -0.3 is 19.7 Å². The lowest BCUT2D eigenvalue weighted by atomic mass is 9.78. The highest BCUT2D eigenvalue weighted by molar-refractivity contribution is 5.74. The summed E-state index contributed by atoms with van der Waals surface area (Å²) in [7, 11) is 0. The van der Waals surface area contributed by atoms with Gasteiger partial charge in [0.1, 0.15) is 0 Å². The fourth-order valence-electron chi connectivity index (χ4n) is 4.31. The summed E-state index contributed by atoms with van der Waals surface area (Å²) in [6.07, 6.45) is 8.32. The van der Waals surface area contributed by atoms with E-state index in [0.29, 0.717) is 13.1 Å². The first-order valence-corrected chi connectivity index (χ1v) is 8.91. The molecule has 3 aliphatic rings. The van der Waals surface area contributed by atoms with Crippen LogP contribution in [-0.2, 0) is 9.47 Å². The van der Waals surface area contributed by atoms with Crippen molar-refractivity contribution >= 4 is 6.03 Å². The molecule has 5 heteroatoms. The second kappa shape index (κ2) is 6.75. The van der Waals surface area contributed by atoms with Crippen molar-refractivity contribution in [2.75, 3.05) is 19.7 Å². The van der Waals surface area contributed by atoms with Gasteiger partial charge in [-0.1, -0.05) is 19.3 Å². The summed E-state index contributed by atoms with van der Waals surface area (Å²) >= 11 is 0. The van der Waals surface area contributed by atoms with E-state index >= 15 is 0 Å². The Morgan fingerprint density at radius 2 is 1.82 bits per heavy atom. The summed E-state index contributed by atoms with van der Waals surface area (Å²) < 4.78 is 11.8. The summed E-state index contributed by atoms with van der Waals surface area (Å²) in [6.45, 7) is 6.21. The number of hydrogen-bond donors (Lipinski definition) is 1. The first-order valence-electron chi connectivity index (χ1n) is 8.91. The molecule has 3 atom stereocenters. The van der Waals surface area contributed by atoms with Gasteiger partial charge in [-0.05, 0) is 39.5 Å². The zero-order chi connectivity index (χ0) is 15.6. The molecule has 126 valence electrons. The molecule has 0 aromatic heterocycles. The molecule has 0 aromatic rings. The Morgan fingerprint density at radius 1 is 1.14 bits per heavy atom. The maximum atomic E-state index is 12.5. The Labute approximate surface area is 133 Å². The van der Waals surface area contributed by atoms with Gasteiger partial charge >= 0.3 is 6.03 Å². The Hall–Kier alpha value is -0.810. The van der Waals surface area contributed by atoms with Crippen molar-refractivity contribution in [2.24, 2.45) is 0 Å². The van der Waals surface area contributed by atoms with Crippen LogP contribution in [0.4, 0.5) is 4.79 Å². The van der Waals surface area contributed by atoms with Gasteiger partial charge in [0, 0.05) is 25.7 Å². The lowest BCUT2D eigenvalue weighted by Gasteiger charge is -2.44. The standard InChI is InChI=1S/C17H30N2O3/c1-13-11-19(12-14(2)22-13)16(20)18-15-6-9-21-17(10-15)7-4-3-5-8-17/h13-15H,3-12H2,1-2H3,(H,18,20)/t13-,14+,15-/m0/s1. The number of carbonyl (C=O) groups excluding carboxylic acids is 1. The minimum Gasteiger partial charge on any atom is -0.375 e. The zero-order valence-electron chi connectivity index (χ0n) is 14.0. The molecule has 2 amide bonds. The van der Waals surface area contributed by atoms with Crippen molar-refractivity contribution in [3.8, 4) is 0 Å². The second-order valence-corrected chi connectivity index (χ2v) is 7.39. The molecule has 0 radical (unpaired) electrons. The van der Waals surface area contributed by atoms with Gasteiger partial charge in [0.2, 0.25) is 0 Å². The minimum absolute atomic E-state index is 0.0417. The van der Waals surface area contributed by atoms with Gasteiger partial charge in [0.05, 0.1) is 17.8 Å². The summed E-state index contributed by atoms with van der Waals surface area (Å²) in [5, 5.41) is 3.25. The SMILES string of the molecule is C[C@@H]1CN(C(=O)N[C@H]2CCOC3(CCCCC3)C2)C[C@H](C)O1. The topological polar surface area (TPSA) is 50.8 Å². The molecule has 0 unspecified atom stereocenters. The normalized spacial score (nSPS) is 35.4. The molecule has 22 heavy (non-hydrogen) atoms. The fraction of sp³-hybridized carbons (Fsp3) is 0.941. The van der Waals surface area contributed by atoms with Gasteiger partial charge in [0.15, 0.2) is 0 Å². The molecule has 1 saturated carbocycles. The monoisotopic (exact) mass is 310 g/mol. The number of morpholine rings is 1. The molecule has 3 rings (SSSR count). The number of ether oxygens (including phenoxy) is 2. The first-order chi connectivity index (χ1) is 10.6. The van der Waals surface area contributed by atoms with Gasteiger partial charge in [0.25, 0.3) is 0 Å². The Morgan fingerprint density at radius 3 is 2.50 bits per heavy atom. The maximum absolute atomic E-state index is 12.5. The predicted octanol–water partition coefficient (Wildman–Crippen LogP) is 2.69. The van der Waals surface area contributed by atoms with E-state index in [1.165, 1.54) is 19.3 Å². The zero-order valence-corrected chi connectivity index (χ0v) is 14.0. The van der Waals surface area contributed by atoms with Crippen molar-refractivity contribution in [2.45, 2.75) is 82.6 Å². The Balaban J connectivity index is 1.54. The number of nitrogens with one attached hydrogen (secondary N) is 1. The number of rotatable bonds is 1. The van der Waals surface area contributed by atoms with Crippen LogP contribution in [0.3, 0.4) is 0 Å². The van der Waals surface area contributed by atoms with E-state index in [4.69, 9.17) is 9.47 Å². The molecule has 3 fully saturated rings. The van der Waals surface area contributed by atoms with E-state index in [9.17, 15) is 4.79 Å². The Bertz CT molecular complexity index is 380. The number of carbonyl (C=O) groups is 1. The van der Waals surface area contributed by atoms with Crippen LogP contribution in [0, 0.1) is 0 Å². The van der Waals surface area contributed by atoms with E-state index in [-0.39, 0.29) is 29.9 Å². The third kappa shape index (κ3) is 3.74. The molecule has 2 saturated heterocycles. The van der Waals surface area contributed by atoms with Gasteiger partial charge in [-0.15, -0.1) is 0 Å². The second-order valence-electron chi connectivity index (χ2n) is 7.39. The summed E-state index contributed by atoms with van der Waals surface area (Å²) in [5.74, 6) is 0. The third-order valence-corrected chi connectivity index (χ3v) is 5.29. The number of urea groups is 1. The molecule has 0 aromatic carbocycles. The maximum Gasteiger partial charge on any atom is 0.317 e. The average Bonchev–Trinajstić information content (AvgIpc) is 2.47. The molecule has 1 spiro atoms. The van der Waals surface area contributed by atoms with Gasteiger partial charge in [-0.25, -0.2) is 4.79 Å². The van der Waals surface area contributed by atoms with Crippen molar-refractivity contribution < 1.29 is 14.3 Å². The molecule has 2 aliphatic heterocycles. The molecular weight excluding hydrogens is 280 g/mol. The number of nitrogens with zero attached hydrogens (tertiary/aromatic N) is 1. The van der Waals surface area contributed by atoms with Crippen molar-refractivity contribution in [3.63, 3.8) is 0 Å². The van der Waals surface area contributed by atoms with Crippen LogP contribution in [0.2, 0.25) is 0 Å². The van der Waals surface area contributed by atoms with Crippen LogP contribution in [0.25, 0.3) is 0 Å². The summed E-state index contributed by atoms with van der Waals surface area (Å²) in [4.78, 5) is 14.5. The Kier molecular flexibility index (Phi) is 4.93. The predicted molar refractivity (Wildman–Crippen MR) is 84.9 cm³/mol. The van der Waals surface area contributed by atoms with Crippen LogP contribution < -0.4 is 5.32 Å². The van der Waals surface area contributed by atoms with Gasteiger partial charge in [-0.2, -0.15) is 0 Å². The van der Waals surface area contributed by atoms with E-state index in [0.717, 1.165) is 32.3 Å². The van der Waals surface area contributed by atoms with Crippen LogP contribution in [0.1, 0.15) is 58.8 Å². The highest BCUT2D eigenvalue weighted by Gasteiger charge is 2.39. The molecule has 1 N–H and O–H groups in total. The summed E-state index contributed by atoms with van der Waals surface area (Å²) in [5.41, 5.74) is 0.0417. The molecule has 0 bridgehead atoms. The smallest absolute Gasteiger partial charge is 0.317 e. The fourth-order valence-corrected chi connectivity index (χ4v) is 4.31.